The van der Waals surface area contributed by atoms with Crippen LogP contribution in [0.5, 0.6) is 0 Å². The molecule has 23 heavy (non-hydrogen) atoms. The summed E-state index contributed by atoms with van der Waals surface area (Å²) in [5.74, 6) is -0.599. The largest absolute Gasteiger partial charge is 0.465 e. The van der Waals surface area contributed by atoms with Crippen LogP contribution < -0.4 is 4.31 Å². The summed E-state index contributed by atoms with van der Waals surface area (Å²) >= 11 is 0. The number of benzene rings is 2. The van der Waals surface area contributed by atoms with Crippen molar-refractivity contribution < 1.29 is 17.9 Å². The average molecular weight is 331 g/mol. The minimum atomic E-state index is -3.83. The van der Waals surface area contributed by atoms with Crippen LogP contribution in [0, 0.1) is 0 Å². The molecule has 0 unspecified atom stereocenters. The van der Waals surface area contributed by atoms with Crippen molar-refractivity contribution in [2.45, 2.75) is 4.90 Å². The highest BCUT2D eigenvalue weighted by atomic mass is 32.2. The van der Waals surface area contributed by atoms with Crippen LogP contribution in [0.3, 0.4) is 0 Å². The molecule has 5 nitrogen and oxygen atoms in total. The molecule has 0 saturated heterocycles. The molecule has 0 aliphatic heterocycles. The first-order chi connectivity index (χ1) is 11.0. The van der Waals surface area contributed by atoms with Gasteiger partial charge in [-0.15, -0.1) is 6.58 Å². The number of anilines is 1. The van der Waals surface area contributed by atoms with Crippen LogP contribution in [-0.4, -0.2) is 28.0 Å². The van der Waals surface area contributed by atoms with Crippen molar-refractivity contribution in [3.05, 3.63) is 72.8 Å². The molecule has 2 aromatic rings. The first kappa shape index (κ1) is 16.8. The van der Waals surface area contributed by atoms with Gasteiger partial charge in [-0.2, -0.15) is 0 Å². The lowest BCUT2D eigenvalue weighted by Gasteiger charge is -2.24. The van der Waals surface area contributed by atoms with Gasteiger partial charge in [-0.05, 0) is 24.3 Å². The van der Waals surface area contributed by atoms with Gasteiger partial charge in [-0.25, -0.2) is 13.2 Å². The van der Waals surface area contributed by atoms with E-state index in [0.717, 1.165) is 4.31 Å². The number of sulfonamides is 1. The molecule has 0 saturated carbocycles. The molecule has 0 amide bonds. The summed E-state index contributed by atoms with van der Waals surface area (Å²) < 4.78 is 31.7. The van der Waals surface area contributed by atoms with Crippen molar-refractivity contribution >= 4 is 21.7 Å². The minimum Gasteiger partial charge on any atom is -0.465 e. The number of hydrogen-bond acceptors (Lipinski definition) is 4. The molecule has 0 aliphatic carbocycles. The lowest BCUT2D eigenvalue weighted by atomic mass is 10.2. The predicted octanol–water partition coefficient (Wildman–Crippen LogP) is 2.85. The molecule has 2 rings (SSSR count). The number of methoxy groups -OCH3 is 1. The van der Waals surface area contributed by atoms with Crippen LogP contribution >= 0.6 is 0 Å². The molecular weight excluding hydrogens is 314 g/mol. The number of carbonyl (C=O) groups excluding carboxylic acids is 1. The zero-order chi connectivity index (χ0) is 16.9. The summed E-state index contributed by atoms with van der Waals surface area (Å²) in [5.41, 5.74) is 0.430. The fraction of sp³-hybridized carbons (Fsp3) is 0.118. The van der Waals surface area contributed by atoms with E-state index in [-0.39, 0.29) is 22.7 Å². The van der Waals surface area contributed by atoms with Gasteiger partial charge in [0.2, 0.25) is 0 Å². The predicted molar refractivity (Wildman–Crippen MR) is 89.0 cm³/mol. The standard InChI is InChI=1S/C17H17NO4S/c1-3-13-18(23(20,21)14-9-5-4-6-10-14)16-12-8-7-11-15(16)17(19)22-2/h3-12H,1,13H2,2H3. The Hall–Kier alpha value is -2.60. The number of hydrogen-bond donors (Lipinski definition) is 0. The molecular formula is C17H17NO4S. The maximum absolute atomic E-state index is 12.9. The summed E-state index contributed by atoms with van der Waals surface area (Å²) in [4.78, 5) is 12.1. The van der Waals surface area contributed by atoms with Crippen molar-refractivity contribution in [2.75, 3.05) is 18.0 Å². The monoisotopic (exact) mass is 331 g/mol. The topological polar surface area (TPSA) is 63.7 Å². The van der Waals surface area contributed by atoms with Crippen LogP contribution in [0.4, 0.5) is 5.69 Å². The second-order valence-corrected chi connectivity index (χ2v) is 6.51. The Morgan fingerprint density at radius 2 is 1.74 bits per heavy atom. The SMILES string of the molecule is C=CCN(c1ccccc1C(=O)OC)S(=O)(=O)c1ccccc1. The lowest BCUT2D eigenvalue weighted by Crippen LogP contribution is -2.32. The maximum Gasteiger partial charge on any atom is 0.340 e. The van der Waals surface area contributed by atoms with Gasteiger partial charge in [0.25, 0.3) is 10.0 Å². The van der Waals surface area contributed by atoms with Crippen LogP contribution in [-0.2, 0) is 14.8 Å². The Morgan fingerprint density at radius 1 is 1.13 bits per heavy atom. The van der Waals surface area contributed by atoms with Gasteiger partial charge in [0, 0.05) is 0 Å². The van der Waals surface area contributed by atoms with Gasteiger partial charge >= 0.3 is 5.97 Å². The third kappa shape index (κ3) is 3.43. The third-order valence-corrected chi connectivity index (χ3v) is 5.00. The second kappa shape index (κ2) is 7.11. The van der Waals surface area contributed by atoms with Gasteiger partial charge in [-0.3, -0.25) is 4.31 Å². The van der Waals surface area contributed by atoms with Gasteiger partial charge in [0.05, 0.1) is 29.8 Å². The van der Waals surface area contributed by atoms with E-state index in [1.165, 1.54) is 31.4 Å². The van der Waals surface area contributed by atoms with E-state index in [1.54, 1.807) is 36.4 Å². The minimum absolute atomic E-state index is 0.0330. The van der Waals surface area contributed by atoms with Gasteiger partial charge in [0.1, 0.15) is 0 Å². The second-order valence-electron chi connectivity index (χ2n) is 4.65. The van der Waals surface area contributed by atoms with Gasteiger partial charge < -0.3 is 4.74 Å². The molecule has 0 N–H and O–H groups in total. The normalized spacial score (nSPS) is 10.8. The van der Waals surface area contributed by atoms with Crippen molar-refractivity contribution in [1.82, 2.24) is 0 Å². The molecule has 0 fully saturated rings. The molecule has 0 atom stereocenters. The molecule has 120 valence electrons. The number of ether oxygens (including phenoxy) is 1. The van der Waals surface area contributed by atoms with E-state index in [9.17, 15) is 13.2 Å². The molecule has 0 heterocycles. The van der Waals surface area contributed by atoms with Crippen molar-refractivity contribution in [2.24, 2.45) is 0 Å². The molecule has 0 aliphatic rings. The van der Waals surface area contributed by atoms with Gasteiger partial charge in [-0.1, -0.05) is 36.4 Å². The molecule has 0 spiro atoms. The summed E-state index contributed by atoms with van der Waals surface area (Å²) in [7, 11) is -2.57. The highest BCUT2D eigenvalue weighted by molar-refractivity contribution is 7.92. The first-order valence-electron chi connectivity index (χ1n) is 6.88. The molecule has 0 aromatic heterocycles. The highest BCUT2D eigenvalue weighted by Crippen LogP contribution is 2.27. The lowest BCUT2D eigenvalue weighted by molar-refractivity contribution is 0.0601. The van der Waals surface area contributed by atoms with E-state index in [2.05, 4.69) is 6.58 Å². The number of rotatable bonds is 6. The molecule has 0 bridgehead atoms. The third-order valence-electron chi connectivity index (χ3n) is 3.20. The van der Waals surface area contributed by atoms with Crippen LogP contribution in [0.2, 0.25) is 0 Å². The zero-order valence-corrected chi connectivity index (χ0v) is 13.5. The number of para-hydroxylation sites is 1. The van der Waals surface area contributed by atoms with Gasteiger partial charge in [0.15, 0.2) is 0 Å². The van der Waals surface area contributed by atoms with Crippen LogP contribution in [0.25, 0.3) is 0 Å². The Bertz CT molecular complexity index is 800. The van der Waals surface area contributed by atoms with Crippen LogP contribution in [0.15, 0.2) is 72.1 Å². The highest BCUT2D eigenvalue weighted by Gasteiger charge is 2.27. The summed E-state index contributed by atoms with van der Waals surface area (Å²) in [6.45, 7) is 3.64. The first-order valence-corrected chi connectivity index (χ1v) is 8.32. The quantitative estimate of drug-likeness (QED) is 0.603. The molecule has 6 heteroatoms. The Labute approximate surface area is 135 Å². The fourth-order valence-corrected chi connectivity index (χ4v) is 3.61. The molecule has 2 aromatic carbocycles. The van der Waals surface area contributed by atoms with Crippen LogP contribution in [0.1, 0.15) is 10.4 Å². The summed E-state index contributed by atoms with van der Waals surface area (Å²) in [6, 6.07) is 14.4. The van der Waals surface area contributed by atoms with Crippen molar-refractivity contribution in [3.8, 4) is 0 Å². The Kier molecular flexibility index (Phi) is 5.18. The fourth-order valence-electron chi connectivity index (χ4n) is 2.14. The number of nitrogens with zero attached hydrogens (tertiary/aromatic N) is 1. The zero-order valence-electron chi connectivity index (χ0n) is 12.7. The van der Waals surface area contributed by atoms with E-state index in [1.807, 2.05) is 0 Å². The van der Waals surface area contributed by atoms with E-state index < -0.39 is 16.0 Å². The van der Waals surface area contributed by atoms with Crippen molar-refractivity contribution in [1.29, 1.82) is 0 Å². The summed E-state index contributed by atoms with van der Waals surface area (Å²) in [6.07, 6.45) is 1.47. The summed E-state index contributed by atoms with van der Waals surface area (Å²) in [5, 5.41) is 0. The maximum atomic E-state index is 12.9. The Balaban J connectivity index is 2.61. The van der Waals surface area contributed by atoms with E-state index in [0.29, 0.717) is 0 Å². The molecule has 0 radical (unpaired) electrons. The average Bonchev–Trinajstić information content (AvgIpc) is 2.59. The number of carbonyl (C=O) groups is 1. The number of esters is 1. The Morgan fingerprint density at radius 3 is 2.35 bits per heavy atom. The smallest absolute Gasteiger partial charge is 0.340 e. The van der Waals surface area contributed by atoms with Crippen molar-refractivity contribution in [3.63, 3.8) is 0 Å². The van der Waals surface area contributed by atoms with E-state index in [4.69, 9.17) is 4.74 Å². The van der Waals surface area contributed by atoms with E-state index >= 15 is 0 Å².